The quantitative estimate of drug-likeness (QED) is 0.629. The third-order valence-corrected chi connectivity index (χ3v) is 2.21. The van der Waals surface area contributed by atoms with Crippen molar-refractivity contribution in [2.45, 2.75) is 12.5 Å². The maximum atomic E-state index is 11.3. The van der Waals surface area contributed by atoms with Crippen molar-refractivity contribution in [1.82, 2.24) is 10.9 Å². The monoisotopic (exact) mass is 223 g/mol. The highest BCUT2D eigenvalue weighted by Gasteiger charge is 2.14. The lowest BCUT2D eigenvalue weighted by Gasteiger charge is -2.15. The van der Waals surface area contributed by atoms with Crippen molar-refractivity contribution in [2.24, 2.45) is 5.73 Å². The molecule has 88 valence electrons. The van der Waals surface area contributed by atoms with Crippen molar-refractivity contribution in [1.29, 1.82) is 0 Å². The topological polar surface area (TPSA) is 76.4 Å². The molecule has 1 aromatic carbocycles. The molecule has 0 bridgehead atoms. The second-order valence-corrected chi connectivity index (χ2v) is 3.35. The van der Waals surface area contributed by atoms with Crippen molar-refractivity contribution < 1.29 is 9.53 Å². The van der Waals surface area contributed by atoms with Crippen LogP contribution in [-0.4, -0.2) is 20.1 Å². The highest BCUT2D eigenvalue weighted by molar-refractivity contribution is 5.76. The highest BCUT2D eigenvalue weighted by atomic mass is 16.5. The zero-order valence-electron chi connectivity index (χ0n) is 9.49. The summed E-state index contributed by atoms with van der Waals surface area (Å²) in [6, 6.07) is 7.04. The van der Waals surface area contributed by atoms with Crippen molar-refractivity contribution in [3.8, 4) is 5.75 Å². The number of carbonyl (C=O) groups is 1. The summed E-state index contributed by atoms with van der Waals surface area (Å²) in [7, 11) is 3.21. The maximum absolute atomic E-state index is 11.3. The van der Waals surface area contributed by atoms with Gasteiger partial charge in [0.15, 0.2) is 0 Å². The number of hydrazine groups is 1. The van der Waals surface area contributed by atoms with Crippen LogP contribution in [0.2, 0.25) is 0 Å². The molecule has 0 spiro atoms. The minimum atomic E-state index is -0.371. The highest BCUT2D eigenvalue weighted by Crippen LogP contribution is 2.24. The molecule has 1 aromatic rings. The van der Waals surface area contributed by atoms with Gasteiger partial charge in [0.05, 0.1) is 7.11 Å². The Hall–Kier alpha value is -1.59. The molecule has 0 fully saturated rings. The lowest BCUT2D eigenvalue weighted by atomic mass is 10.0. The summed E-state index contributed by atoms with van der Waals surface area (Å²) in [6.07, 6.45) is 0.210. The summed E-state index contributed by atoms with van der Waals surface area (Å²) in [5.74, 6) is 0.549. The number of hydrogen-bond acceptors (Lipinski definition) is 4. The van der Waals surface area contributed by atoms with E-state index >= 15 is 0 Å². The molecule has 5 nitrogen and oxygen atoms in total. The van der Waals surface area contributed by atoms with Gasteiger partial charge in [-0.2, -0.15) is 0 Å². The number of nitrogens with one attached hydrogen (secondary N) is 2. The molecule has 1 unspecified atom stereocenters. The summed E-state index contributed by atoms with van der Waals surface area (Å²) in [6.45, 7) is 0. The van der Waals surface area contributed by atoms with Gasteiger partial charge >= 0.3 is 0 Å². The van der Waals surface area contributed by atoms with Crippen LogP contribution in [0.4, 0.5) is 0 Å². The Labute approximate surface area is 94.9 Å². The normalized spacial score (nSPS) is 11.9. The molecule has 5 heteroatoms. The zero-order chi connectivity index (χ0) is 12.0. The van der Waals surface area contributed by atoms with Crippen LogP contribution in [-0.2, 0) is 4.79 Å². The molecule has 0 aliphatic rings. The van der Waals surface area contributed by atoms with E-state index in [9.17, 15) is 4.79 Å². The summed E-state index contributed by atoms with van der Waals surface area (Å²) in [5.41, 5.74) is 11.8. The minimum Gasteiger partial charge on any atom is -0.496 e. The van der Waals surface area contributed by atoms with Gasteiger partial charge in [0.2, 0.25) is 5.91 Å². The Kier molecular flexibility index (Phi) is 4.75. The molecular weight excluding hydrogens is 206 g/mol. The molecule has 1 rings (SSSR count). The second kappa shape index (κ2) is 6.09. The van der Waals surface area contributed by atoms with E-state index in [2.05, 4.69) is 10.9 Å². The Balaban J connectivity index is 2.72. The molecule has 0 saturated carbocycles. The lowest BCUT2D eigenvalue weighted by Crippen LogP contribution is -2.36. The average molecular weight is 223 g/mol. The molecule has 0 aliphatic carbocycles. The van der Waals surface area contributed by atoms with Gasteiger partial charge in [0.25, 0.3) is 0 Å². The van der Waals surface area contributed by atoms with Crippen LogP contribution in [0.15, 0.2) is 24.3 Å². The third kappa shape index (κ3) is 3.22. The van der Waals surface area contributed by atoms with Gasteiger partial charge in [-0.1, -0.05) is 18.2 Å². The average Bonchev–Trinajstić information content (AvgIpc) is 2.29. The standard InChI is InChI=1S/C11H17N3O2/c1-13-14-11(15)7-9(12)8-5-3-4-6-10(8)16-2/h3-6,9,13H,7,12H2,1-2H3,(H,14,15). The molecule has 0 aliphatic heterocycles. The van der Waals surface area contributed by atoms with E-state index in [-0.39, 0.29) is 18.4 Å². The Morgan fingerprint density at radius 2 is 2.19 bits per heavy atom. The van der Waals surface area contributed by atoms with Crippen LogP contribution in [0.5, 0.6) is 5.75 Å². The van der Waals surface area contributed by atoms with Crippen molar-refractivity contribution >= 4 is 5.91 Å². The lowest BCUT2D eigenvalue weighted by molar-refractivity contribution is -0.122. The van der Waals surface area contributed by atoms with E-state index in [0.29, 0.717) is 5.75 Å². The van der Waals surface area contributed by atoms with Crippen LogP contribution in [0, 0.1) is 0 Å². The van der Waals surface area contributed by atoms with Crippen molar-refractivity contribution in [3.63, 3.8) is 0 Å². The van der Waals surface area contributed by atoms with E-state index in [1.165, 1.54) is 0 Å². The number of rotatable bonds is 5. The number of para-hydroxylation sites is 1. The Bertz CT molecular complexity index is 355. The third-order valence-electron chi connectivity index (χ3n) is 2.21. The maximum Gasteiger partial charge on any atom is 0.235 e. The van der Waals surface area contributed by atoms with Gasteiger partial charge in [0, 0.05) is 25.1 Å². The smallest absolute Gasteiger partial charge is 0.235 e. The number of hydrogen-bond donors (Lipinski definition) is 3. The van der Waals surface area contributed by atoms with Gasteiger partial charge in [-0.25, -0.2) is 5.43 Å². The molecule has 16 heavy (non-hydrogen) atoms. The van der Waals surface area contributed by atoms with Gasteiger partial charge < -0.3 is 10.5 Å². The summed E-state index contributed by atoms with van der Waals surface area (Å²) < 4.78 is 5.18. The molecular formula is C11H17N3O2. The largest absolute Gasteiger partial charge is 0.496 e. The van der Waals surface area contributed by atoms with Gasteiger partial charge in [-0.05, 0) is 6.07 Å². The minimum absolute atomic E-state index is 0.152. The first-order valence-corrected chi connectivity index (χ1v) is 5.03. The first-order chi connectivity index (χ1) is 7.69. The van der Waals surface area contributed by atoms with Gasteiger partial charge in [-0.15, -0.1) is 0 Å². The molecule has 1 amide bonds. The number of methoxy groups -OCH3 is 1. The van der Waals surface area contributed by atoms with Crippen LogP contribution < -0.4 is 21.3 Å². The van der Waals surface area contributed by atoms with Crippen molar-refractivity contribution in [3.05, 3.63) is 29.8 Å². The van der Waals surface area contributed by atoms with Gasteiger partial charge in [-0.3, -0.25) is 10.2 Å². The molecule has 0 radical (unpaired) electrons. The van der Waals surface area contributed by atoms with E-state index in [1.54, 1.807) is 14.2 Å². The number of amides is 1. The number of ether oxygens (including phenoxy) is 1. The van der Waals surface area contributed by atoms with E-state index in [4.69, 9.17) is 10.5 Å². The summed E-state index contributed by atoms with van der Waals surface area (Å²) >= 11 is 0. The number of benzene rings is 1. The fourth-order valence-corrected chi connectivity index (χ4v) is 1.47. The molecule has 4 N–H and O–H groups in total. The summed E-state index contributed by atoms with van der Waals surface area (Å²) in [5, 5.41) is 0. The fraction of sp³-hybridized carbons (Fsp3) is 0.364. The van der Waals surface area contributed by atoms with Crippen LogP contribution >= 0.6 is 0 Å². The molecule has 0 aromatic heterocycles. The molecule has 1 atom stereocenters. The van der Waals surface area contributed by atoms with Gasteiger partial charge in [0.1, 0.15) is 5.75 Å². The zero-order valence-corrected chi connectivity index (χ0v) is 9.49. The predicted octanol–water partition coefficient (Wildman–Crippen LogP) is 0.336. The van der Waals surface area contributed by atoms with Crippen molar-refractivity contribution in [2.75, 3.05) is 14.2 Å². The Morgan fingerprint density at radius 1 is 1.50 bits per heavy atom. The summed E-state index contributed by atoms with van der Waals surface area (Å²) in [4.78, 5) is 11.3. The predicted molar refractivity (Wildman–Crippen MR) is 61.7 cm³/mol. The first-order valence-electron chi connectivity index (χ1n) is 5.03. The first kappa shape index (κ1) is 12.5. The number of carbonyl (C=O) groups excluding carboxylic acids is 1. The van der Waals surface area contributed by atoms with E-state index in [0.717, 1.165) is 5.56 Å². The van der Waals surface area contributed by atoms with Crippen LogP contribution in [0.1, 0.15) is 18.0 Å². The van der Waals surface area contributed by atoms with E-state index in [1.807, 2.05) is 24.3 Å². The molecule has 0 saturated heterocycles. The SMILES string of the molecule is CNNC(=O)CC(N)c1ccccc1OC. The number of nitrogens with two attached hydrogens (primary N) is 1. The fourth-order valence-electron chi connectivity index (χ4n) is 1.47. The van der Waals surface area contributed by atoms with E-state index < -0.39 is 0 Å². The van der Waals surface area contributed by atoms with Crippen LogP contribution in [0.3, 0.4) is 0 Å². The van der Waals surface area contributed by atoms with Crippen LogP contribution in [0.25, 0.3) is 0 Å². The molecule has 0 heterocycles. The Morgan fingerprint density at radius 3 is 2.81 bits per heavy atom. The second-order valence-electron chi connectivity index (χ2n) is 3.35.